The summed E-state index contributed by atoms with van der Waals surface area (Å²) in [7, 11) is 0. The van der Waals surface area contributed by atoms with Crippen molar-refractivity contribution in [2.75, 3.05) is 0 Å². The molecule has 0 saturated heterocycles. The Morgan fingerprint density at radius 1 is 1.33 bits per heavy atom. The second-order valence-electron chi connectivity index (χ2n) is 2.94. The number of rotatable bonds is 1. The first-order valence-electron chi connectivity index (χ1n) is 4.26. The highest BCUT2D eigenvalue weighted by atomic mass is 16.3. The quantitative estimate of drug-likeness (QED) is 0.400. The molecule has 1 aromatic carbocycles. The highest BCUT2D eigenvalue weighted by molar-refractivity contribution is 5.92. The largest absolute Gasteiger partial charge is 0.451 e. The van der Waals surface area contributed by atoms with Gasteiger partial charge in [0.2, 0.25) is 0 Å². The summed E-state index contributed by atoms with van der Waals surface area (Å²) < 4.78 is 5.20. The molecule has 0 saturated carbocycles. The molecule has 2 rings (SSSR count). The van der Waals surface area contributed by atoms with Crippen molar-refractivity contribution in [1.29, 1.82) is 0 Å². The summed E-state index contributed by atoms with van der Waals surface area (Å²) in [6.07, 6.45) is 0. The van der Waals surface area contributed by atoms with Crippen LogP contribution in [0.15, 0.2) is 39.5 Å². The average Bonchev–Trinajstić information content (AvgIpc) is 2.28. The lowest BCUT2D eigenvalue weighted by Crippen LogP contribution is -2.30. The summed E-state index contributed by atoms with van der Waals surface area (Å²) in [5.74, 6) is 4.21. The number of fused-ring (bicyclic) bond motifs is 1. The van der Waals surface area contributed by atoms with Crippen molar-refractivity contribution in [2.45, 2.75) is 0 Å². The fourth-order valence-corrected chi connectivity index (χ4v) is 1.29. The maximum atomic E-state index is 11.5. The van der Waals surface area contributed by atoms with E-state index in [-0.39, 0.29) is 11.2 Å². The number of amides is 1. The van der Waals surface area contributed by atoms with Crippen molar-refractivity contribution in [3.05, 3.63) is 46.3 Å². The number of carbonyl (C=O) groups excluding carboxylic acids is 1. The van der Waals surface area contributed by atoms with Crippen LogP contribution >= 0.6 is 0 Å². The van der Waals surface area contributed by atoms with Crippen LogP contribution in [0.1, 0.15) is 10.6 Å². The fraction of sp³-hybridized carbons (Fsp3) is 0. The van der Waals surface area contributed by atoms with Crippen LogP contribution in [0.5, 0.6) is 0 Å². The number of carbonyl (C=O) groups is 1. The fourth-order valence-electron chi connectivity index (χ4n) is 1.29. The Morgan fingerprint density at radius 3 is 2.80 bits per heavy atom. The molecule has 1 heterocycles. The molecule has 0 aliphatic heterocycles. The number of hydrogen-bond donors (Lipinski definition) is 2. The van der Waals surface area contributed by atoms with Gasteiger partial charge in [-0.2, -0.15) is 0 Å². The van der Waals surface area contributed by atoms with E-state index in [1.54, 1.807) is 24.3 Å². The smallest absolute Gasteiger partial charge is 0.301 e. The predicted octanol–water partition coefficient (Wildman–Crippen LogP) is 0.396. The van der Waals surface area contributed by atoms with Crippen molar-refractivity contribution in [3.63, 3.8) is 0 Å². The minimum absolute atomic E-state index is 0.0961. The zero-order chi connectivity index (χ0) is 10.8. The average molecular weight is 204 g/mol. The van der Waals surface area contributed by atoms with E-state index in [2.05, 4.69) is 0 Å². The Bertz CT molecular complexity index is 574. The van der Waals surface area contributed by atoms with E-state index in [4.69, 9.17) is 10.3 Å². The zero-order valence-electron chi connectivity index (χ0n) is 7.69. The lowest BCUT2D eigenvalue weighted by atomic mass is 10.2. The zero-order valence-corrected chi connectivity index (χ0v) is 7.69. The molecule has 0 fully saturated rings. The van der Waals surface area contributed by atoms with Crippen LogP contribution in [0.2, 0.25) is 0 Å². The minimum atomic E-state index is -0.627. The predicted molar refractivity (Wildman–Crippen MR) is 54.1 cm³/mol. The van der Waals surface area contributed by atoms with Crippen molar-refractivity contribution < 1.29 is 9.21 Å². The van der Waals surface area contributed by atoms with Gasteiger partial charge >= 0.3 is 5.91 Å². The van der Waals surface area contributed by atoms with E-state index >= 15 is 0 Å². The molecule has 15 heavy (non-hydrogen) atoms. The number of hydrogen-bond acceptors (Lipinski definition) is 4. The Kier molecular flexibility index (Phi) is 2.23. The second kappa shape index (κ2) is 3.55. The van der Waals surface area contributed by atoms with Crippen LogP contribution in [-0.2, 0) is 0 Å². The van der Waals surface area contributed by atoms with Gasteiger partial charge in [-0.15, -0.1) is 0 Å². The summed E-state index contributed by atoms with van der Waals surface area (Å²) in [5.41, 5.74) is 2.00. The number of nitrogens with two attached hydrogens (primary N) is 1. The van der Waals surface area contributed by atoms with Gasteiger partial charge in [-0.25, -0.2) is 5.84 Å². The molecule has 0 aliphatic carbocycles. The highest BCUT2D eigenvalue weighted by Crippen LogP contribution is 2.11. The number of hydrazine groups is 1. The first kappa shape index (κ1) is 9.42. The molecule has 3 N–H and O–H groups in total. The topological polar surface area (TPSA) is 85.3 Å². The third-order valence-corrected chi connectivity index (χ3v) is 1.99. The molecule has 2 aromatic rings. The van der Waals surface area contributed by atoms with Crippen molar-refractivity contribution in [1.82, 2.24) is 5.43 Å². The minimum Gasteiger partial charge on any atom is -0.451 e. The van der Waals surface area contributed by atoms with E-state index in [9.17, 15) is 9.59 Å². The molecule has 5 nitrogen and oxygen atoms in total. The van der Waals surface area contributed by atoms with E-state index < -0.39 is 5.91 Å². The van der Waals surface area contributed by atoms with E-state index in [0.29, 0.717) is 11.0 Å². The Hall–Kier alpha value is -2.14. The second-order valence-corrected chi connectivity index (χ2v) is 2.94. The number of nitrogens with one attached hydrogen (secondary N) is 1. The van der Waals surface area contributed by atoms with Gasteiger partial charge < -0.3 is 4.42 Å². The van der Waals surface area contributed by atoms with Crippen LogP contribution < -0.4 is 16.7 Å². The molecule has 0 aliphatic rings. The summed E-state index contributed by atoms with van der Waals surface area (Å²) >= 11 is 0. The molecule has 0 unspecified atom stereocenters. The lowest BCUT2D eigenvalue weighted by molar-refractivity contribution is 0.0926. The molecular weight excluding hydrogens is 196 g/mol. The molecule has 0 radical (unpaired) electrons. The van der Waals surface area contributed by atoms with Gasteiger partial charge in [0.25, 0.3) is 0 Å². The Balaban J connectivity index is 2.73. The van der Waals surface area contributed by atoms with Crippen LogP contribution in [0, 0.1) is 0 Å². The van der Waals surface area contributed by atoms with Crippen LogP contribution in [0.25, 0.3) is 11.0 Å². The van der Waals surface area contributed by atoms with Crippen molar-refractivity contribution in [3.8, 4) is 0 Å². The third kappa shape index (κ3) is 1.60. The lowest BCUT2D eigenvalue weighted by Gasteiger charge is -2.00. The van der Waals surface area contributed by atoms with Gasteiger partial charge in [-0.05, 0) is 12.1 Å². The normalized spacial score (nSPS) is 10.2. The van der Waals surface area contributed by atoms with Crippen molar-refractivity contribution >= 4 is 16.9 Å². The summed E-state index contributed by atoms with van der Waals surface area (Å²) in [6, 6.07) is 7.80. The van der Waals surface area contributed by atoms with Gasteiger partial charge in [-0.1, -0.05) is 12.1 Å². The van der Waals surface area contributed by atoms with Gasteiger partial charge in [0.1, 0.15) is 5.58 Å². The molecule has 5 heteroatoms. The first-order valence-corrected chi connectivity index (χ1v) is 4.26. The number of nitrogen functional groups attached to an aromatic ring is 1. The summed E-state index contributed by atoms with van der Waals surface area (Å²) in [4.78, 5) is 22.7. The summed E-state index contributed by atoms with van der Waals surface area (Å²) in [6.45, 7) is 0. The van der Waals surface area contributed by atoms with Crippen molar-refractivity contribution in [2.24, 2.45) is 5.84 Å². The molecular formula is C10H8N2O3. The first-order chi connectivity index (χ1) is 7.22. The van der Waals surface area contributed by atoms with E-state index in [1.807, 2.05) is 5.43 Å². The Morgan fingerprint density at radius 2 is 2.07 bits per heavy atom. The van der Waals surface area contributed by atoms with Crippen LogP contribution in [0.4, 0.5) is 0 Å². The summed E-state index contributed by atoms with van der Waals surface area (Å²) in [5, 5.41) is 0.436. The van der Waals surface area contributed by atoms with Gasteiger partial charge in [-0.3, -0.25) is 15.0 Å². The van der Waals surface area contributed by atoms with Gasteiger partial charge in [0.15, 0.2) is 11.2 Å². The molecule has 76 valence electrons. The van der Waals surface area contributed by atoms with E-state index in [0.717, 1.165) is 6.07 Å². The van der Waals surface area contributed by atoms with Gasteiger partial charge in [0, 0.05) is 6.07 Å². The number of benzene rings is 1. The Labute approximate surface area is 84.5 Å². The molecule has 0 bridgehead atoms. The van der Waals surface area contributed by atoms with Crippen LogP contribution in [-0.4, -0.2) is 5.91 Å². The maximum absolute atomic E-state index is 11.5. The standard InChI is InChI=1S/C10H8N2O3/c11-12-10(14)9-5-7(13)6-3-1-2-4-8(6)15-9/h1-5H,11H2,(H,12,14). The highest BCUT2D eigenvalue weighted by Gasteiger charge is 2.09. The number of para-hydroxylation sites is 1. The SMILES string of the molecule is NNC(=O)c1cc(=O)c2ccccc2o1. The van der Waals surface area contributed by atoms with E-state index in [1.165, 1.54) is 0 Å². The van der Waals surface area contributed by atoms with Crippen LogP contribution in [0.3, 0.4) is 0 Å². The molecule has 0 spiro atoms. The molecule has 0 atom stereocenters. The molecule has 1 aromatic heterocycles. The molecule has 1 amide bonds. The monoisotopic (exact) mass is 204 g/mol. The maximum Gasteiger partial charge on any atom is 0.301 e. The third-order valence-electron chi connectivity index (χ3n) is 1.99. The van der Waals surface area contributed by atoms with Gasteiger partial charge in [0.05, 0.1) is 5.39 Å².